The van der Waals surface area contributed by atoms with Crippen LogP contribution in [0.5, 0.6) is 0 Å². The molecule has 1 nitrogen and oxygen atoms in total. The van der Waals surface area contributed by atoms with Crippen LogP contribution < -0.4 is 51.4 Å². The first kappa shape index (κ1) is 12.2. The van der Waals surface area contributed by atoms with Gasteiger partial charge in [0, 0.05) is 0 Å². The van der Waals surface area contributed by atoms with E-state index in [4.69, 9.17) is 0 Å². The van der Waals surface area contributed by atoms with Crippen LogP contribution in [0, 0.1) is 0 Å². The Kier molecular flexibility index (Phi) is 5.13. The van der Waals surface area contributed by atoms with Crippen molar-refractivity contribution in [3.63, 3.8) is 0 Å². The summed E-state index contributed by atoms with van der Waals surface area (Å²) >= 11 is 0. The smallest absolute Gasteiger partial charge is 0.680 e. The Balaban J connectivity index is 0.000000980. The van der Waals surface area contributed by atoms with Gasteiger partial charge >= 0.3 is 51.4 Å². The minimum atomic E-state index is 0. The number of allylic oxidation sites excluding steroid dienone is 2. The van der Waals surface area contributed by atoms with Gasteiger partial charge in [0.15, 0.2) is 0 Å². The van der Waals surface area contributed by atoms with E-state index in [1.165, 1.54) is 11.1 Å². The third kappa shape index (κ3) is 2.81. The van der Waals surface area contributed by atoms with Crippen LogP contribution in [0.25, 0.3) is 11.0 Å². The first-order valence-electron chi connectivity index (χ1n) is 4.48. The Labute approximate surface area is 128 Å². The number of nitrogens with zero attached hydrogens (tertiary/aromatic N) is 1. The van der Waals surface area contributed by atoms with E-state index in [9.17, 15) is 0 Å². The Morgan fingerprint density at radius 3 is 2.50 bits per heavy atom. The number of hydrogen-bond acceptors (Lipinski definition) is 0. The van der Waals surface area contributed by atoms with Crippen molar-refractivity contribution in [2.75, 3.05) is 6.54 Å². The summed E-state index contributed by atoms with van der Waals surface area (Å²) in [6, 6.07) is 10.3. The molecular formula is C12H12KN. The van der Waals surface area contributed by atoms with E-state index in [0.717, 1.165) is 12.2 Å². The zero-order valence-electron chi connectivity index (χ0n) is 8.70. The van der Waals surface area contributed by atoms with Gasteiger partial charge in [0.1, 0.15) is 0 Å². The Morgan fingerprint density at radius 1 is 1.14 bits per heavy atom. The fraction of sp³-hybridized carbons (Fsp3) is 0.167. The van der Waals surface area contributed by atoms with E-state index in [0.29, 0.717) is 0 Å². The first-order chi connectivity index (χ1) is 6.38. The third-order valence-corrected chi connectivity index (χ3v) is 2.14. The monoisotopic (exact) mass is 209 g/mol. The van der Waals surface area contributed by atoms with Crippen molar-refractivity contribution in [1.29, 1.82) is 0 Å². The van der Waals surface area contributed by atoms with Crippen LogP contribution in [-0.2, 0) is 0 Å². The molecule has 14 heavy (non-hydrogen) atoms. The summed E-state index contributed by atoms with van der Waals surface area (Å²) in [4.78, 5) is 0. The summed E-state index contributed by atoms with van der Waals surface area (Å²) in [5.41, 5.74) is 3.59. The van der Waals surface area contributed by atoms with Gasteiger partial charge in [-0.15, -0.1) is 18.3 Å². The molecule has 1 aliphatic heterocycles. The Bertz CT molecular complexity index is 352. The van der Waals surface area contributed by atoms with Gasteiger partial charge in [0.25, 0.3) is 0 Å². The van der Waals surface area contributed by atoms with Crippen molar-refractivity contribution >= 4 is 5.70 Å². The topological polar surface area (TPSA) is 14.1 Å². The van der Waals surface area contributed by atoms with Gasteiger partial charge < -0.3 is 5.32 Å². The minimum Gasteiger partial charge on any atom is -0.680 e. The number of rotatable bonds is 1. The van der Waals surface area contributed by atoms with Crippen molar-refractivity contribution in [2.45, 2.75) is 6.92 Å². The molecule has 0 spiro atoms. The van der Waals surface area contributed by atoms with Gasteiger partial charge in [0.05, 0.1) is 0 Å². The fourth-order valence-corrected chi connectivity index (χ4v) is 1.49. The molecule has 0 unspecified atom stereocenters. The predicted octanol–water partition coefficient (Wildman–Crippen LogP) is 0.365. The molecule has 0 atom stereocenters. The van der Waals surface area contributed by atoms with E-state index in [-0.39, 0.29) is 51.4 Å². The zero-order chi connectivity index (χ0) is 9.10. The largest absolute Gasteiger partial charge is 1.00 e. The first-order valence-corrected chi connectivity index (χ1v) is 4.48. The standard InChI is InChI=1S/C12H12N.K/c1-10-6-5-9-13-12(10)11-7-3-2-4-8-11;/h2-8H,9H2,1H3;/q-1;+1. The third-order valence-electron chi connectivity index (χ3n) is 2.14. The van der Waals surface area contributed by atoms with E-state index >= 15 is 0 Å². The van der Waals surface area contributed by atoms with Crippen LogP contribution in [0.3, 0.4) is 0 Å². The summed E-state index contributed by atoms with van der Waals surface area (Å²) in [6.07, 6.45) is 4.22. The number of benzene rings is 1. The average molecular weight is 209 g/mol. The summed E-state index contributed by atoms with van der Waals surface area (Å²) < 4.78 is 0. The summed E-state index contributed by atoms with van der Waals surface area (Å²) in [5.74, 6) is 0. The van der Waals surface area contributed by atoms with Gasteiger partial charge in [0.2, 0.25) is 0 Å². The van der Waals surface area contributed by atoms with Crippen molar-refractivity contribution in [3.8, 4) is 0 Å². The maximum atomic E-state index is 4.47. The summed E-state index contributed by atoms with van der Waals surface area (Å²) in [6.45, 7) is 2.91. The normalized spacial score (nSPS) is 14.6. The van der Waals surface area contributed by atoms with Crippen molar-refractivity contribution in [2.24, 2.45) is 0 Å². The van der Waals surface area contributed by atoms with E-state index < -0.39 is 0 Å². The molecule has 2 heteroatoms. The molecule has 0 radical (unpaired) electrons. The second-order valence-corrected chi connectivity index (χ2v) is 3.14. The maximum absolute atomic E-state index is 4.47. The molecule has 66 valence electrons. The van der Waals surface area contributed by atoms with Crippen molar-refractivity contribution in [1.82, 2.24) is 0 Å². The minimum absolute atomic E-state index is 0. The molecule has 1 aromatic carbocycles. The fourth-order valence-electron chi connectivity index (χ4n) is 1.49. The molecule has 1 aromatic rings. The molecule has 1 heterocycles. The number of hydrogen-bond donors (Lipinski definition) is 0. The van der Waals surface area contributed by atoms with Crippen molar-refractivity contribution in [3.05, 3.63) is 58.9 Å². The molecule has 0 amide bonds. The molecule has 0 aromatic heterocycles. The van der Waals surface area contributed by atoms with Crippen LogP contribution in [0.2, 0.25) is 0 Å². The van der Waals surface area contributed by atoms with Crippen LogP contribution in [-0.4, -0.2) is 6.54 Å². The van der Waals surface area contributed by atoms with Gasteiger partial charge in [-0.2, -0.15) is 0 Å². The molecule has 1 aliphatic rings. The molecule has 0 fully saturated rings. The van der Waals surface area contributed by atoms with Crippen molar-refractivity contribution < 1.29 is 51.4 Å². The predicted molar refractivity (Wildman–Crippen MR) is 56.4 cm³/mol. The van der Waals surface area contributed by atoms with Gasteiger partial charge in [-0.25, -0.2) is 0 Å². The van der Waals surface area contributed by atoms with Crippen LogP contribution >= 0.6 is 0 Å². The quantitative estimate of drug-likeness (QED) is 0.593. The van der Waals surface area contributed by atoms with E-state index in [2.05, 4.69) is 36.5 Å². The molecule has 0 bridgehead atoms. The summed E-state index contributed by atoms with van der Waals surface area (Å²) in [7, 11) is 0. The van der Waals surface area contributed by atoms with Gasteiger partial charge in [-0.3, -0.25) is 0 Å². The molecule has 0 N–H and O–H groups in total. The molecule has 2 rings (SSSR count). The zero-order valence-corrected chi connectivity index (χ0v) is 11.8. The van der Waals surface area contributed by atoms with Gasteiger partial charge in [-0.1, -0.05) is 42.0 Å². The van der Waals surface area contributed by atoms with Crippen LogP contribution in [0.4, 0.5) is 0 Å². The van der Waals surface area contributed by atoms with E-state index in [1.54, 1.807) is 0 Å². The Morgan fingerprint density at radius 2 is 1.86 bits per heavy atom. The van der Waals surface area contributed by atoms with Gasteiger partial charge in [-0.05, 0) is 12.5 Å². The molecular weight excluding hydrogens is 197 g/mol. The molecule has 0 saturated heterocycles. The maximum Gasteiger partial charge on any atom is 1.00 e. The van der Waals surface area contributed by atoms with Crippen LogP contribution in [0.15, 0.2) is 48.1 Å². The SMILES string of the molecule is CC1=C(c2ccccc2)[N-]CC=C1.[K+]. The Hall–Kier alpha value is 0.136. The second-order valence-electron chi connectivity index (χ2n) is 3.14. The molecule has 0 saturated carbocycles. The van der Waals surface area contributed by atoms with E-state index in [1.807, 2.05) is 18.2 Å². The summed E-state index contributed by atoms with van der Waals surface area (Å²) in [5, 5.41) is 4.47. The molecule has 0 aliphatic carbocycles. The van der Waals surface area contributed by atoms with Crippen LogP contribution in [0.1, 0.15) is 12.5 Å². The average Bonchev–Trinajstić information content (AvgIpc) is 2.20. The second kappa shape index (κ2) is 5.88.